The Bertz CT molecular complexity index is 746. The molecule has 0 saturated carbocycles. The fourth-order valence-corrected chi connectivity index (χ4v) is 2.39. The number of esters is 1. The molecule has 5 nitrogen and oxygen atoms in total. The first-order valence-corrected chi connectivity index (χ1v) is 7.76. The van der Waals surface area contributed by atoms with E-state index in [4.69, 9.17) is 38.4 Å². The van der Waals surface area contributed by atoms with Crippen LogP contribution < -0.4 is 10.5 Å². The lowest BCUT2D eigenvalue weighted by Crippen LogP contribution is -2.16. The Morgan fingerprint density at radius 1 is 1.35 bits per heavy atom. The van der Waals surface area contributed by atoms with Crippen molar-refractivity contribution >= 4 is 50.8 Å². The standard InChI is InChI=1S/C14H10BrCl2FN2O3/c15-8-3-1-2-7(4-8)5-22-9(21)6-23-14-11(17)12(19)10(16)13(18)20-14/h1-4H,5-6H2,(H2,19,20). The molecule has 122 valence electrons. The van der Waals surface area contributed by atoms with E-state index in [0.29, 0.717) is 0 Å². The highest BCUT2D eigenvalue weighted by Gasteiger charge is 2.17. The lowest BCUT2D eigenvalue weighted by Gasteiger charge is -2.10. The molecule has 0 aliphatic carbocycles. The highest BCUT2D eigenvalue weighted by molar-refractivity contribution is 9.10. The fourth-order valence-electron chi connectivity index (χ4n) is 1.57. The van der Waals surface area contributed by atoms with Gasteiger partial charge in [0.25, 0.3) is 0 Å². The van der Waals surface area contributed by atoms with Crippen molar-refractivity contribution < 1.29 is 18.7 Å². The summed E-state index contributed by atoms with van der Waals surface area (Å²) < 4.78 is 24.3. The molecule has 1 aromatic carbocycles. The van der Waals surface area contributed by atoms with Crippen molar-refractivity contribution in [3.8, 4) is 5.88 Å². The summed E-state index contributed by atoms with van der Waals surface area (Å²) in [4.78, 5) is 15.0. The monoisotopic (exact) mass is 422 g/mol. The zero-order valence-electron chi connectivity index (χ0n) is 11.5. The van der Waals surface area contributed by atoms with Gasteiger partial charge in [0.15, 0.2) is 6.61 Å². The molecule has 0 bridgehead atoms. The molecule has 0 atom stereocenters. The molecule has 0 aliphatic heterocycles. The van der Waals surface area contributed by atoms with Crippen LogP contribution in [0.1, 0.15) is 5.56 Å². The van der Waals surface area contributed by atoms with Crippen molar-refractivity contribution in [2.45, 2.75) is 6.61 Å². The lowest BCUT2D eigenvalue weighted by atomic mass is 10.2. The molecule has 1 aromatic heterocycles. The van der Waals surface area contributed by atoms with E-state index >= 15 is 0 Å². The summed E-state index contributed by atoms with van der Waals surface area (Å²) in [7, 11) is 0. The number of aromatic nitrogens is 1. The van der Waals surface area contributed by atoms with Crippen LogP contribution in [0.25, 0.3) is 0 Å². The quantitative estimate of drug-likeness (QED) is 0.581. The predicted molar refractivity (Wildman–Crippen MR) is 88.1 cm³/mol. The third kappa shape index (κ3) is 4.70. The summed E-state index contributed by atoms with van der Waals surface area (Å²) in [5, 5.41) is -0.573. The van der Waals surface area contributed by atoms with Crippen LogP contribution in [0.15, 0.2) is 28.7 Å². The van der Waals surface area contributed by atoms with Crippen LogP contribution in [0.4, 0.5) is 10.1 Å². The number of benzene rings is 1. The van der Waals surface area contributed by atoms with Crippen molar-refractivity contribution in [3.05, 3.63) is 50.3 Å². The second-order valence-electron chi connectivity index (χ2n) is 4.33. The van der Waals surface area contributed by atoms with Crippen LogP contribution in [0.3, 0.4) is 0 Å². The third-order valence-corrected chi connectivity index (χ3v) is 3.88. The van der Waals surface area contributed by atoms with Crippen LogP contribution >= 0.6 is 39.1 Å². The van der Waals surface area contributed by atoms with Crippen molar-refractivity contribution in [2.24, 2.45) is 0 Å². The second kappa shape index (κ2) is 7.81. The number of nitrogen functional groups attached to an aromatic ring is 1. The van der Waals surface area contributed by atoms with Gasteiger partial charge in [0.1, 0.15) is 16.7 Å². The van der Waals surface area contributed by atoms with Gasteiger partial charge in [-0.15, -0.1) is 0 Å². The van der Waals surface area contributed by atoms with Crippen LogP contribution in [0.2, 0.25) is 10.0 Å². The minimum atomic E-state index is -1.04. The Balaban J connectivity index is 1.92. The van der Waals surface area contributed by atoms with Gasteiger partial charge in [-0.1, -0.05) is 51.3 Å². The molecule has 2 N–H and O–H groups in total. The number of nitrogens with zero attached hydrogens (tertiary/aromatic N) is 1. The van der Waals surface area contributed by atoms with Crippen molar-refractivity contribution in [1.29, 1.82) is 0 Å². The highest BCUT2D eigenvalue weighted by atomic mass is 79.9. The predicted octanol–water partition coefficient (Wildman–Crippen LogP) is 3.99. The maximum Gasteiger partial charge on any atom is 0.344 e. The molecule has 0 amide bonds. The van der Waals surface area contributed by atoms with Gasteiger partial charge in [0.05, 0.1) is 5.69 Å². The van der Waals surface area contributed by atoms with E-state index in [1.807, 2.05) is 18.2 Å². The minimum absolute atomic E-state index is 0.0694. The van der Waals surface area contributed by atoms with Gasteiger partial charge in [-0.25, -0.2) is 4.79 Å². The van der Waals surface area contributed by atoms with Crippen molar-refractivity contribution in [3.63, 3.8) is 0 Å². The second-order valence-corrected chi connectivity index (χ2v) is 6.00. The fraction of sp³-hybridized carbons (Fsp3) is 0.143. The Morgan fingerprint density at radius 2 is 2.09 bits per heavy atom. The van der Waals surface area contributed by atoms with Gasteiger partial charge < -0.3 is 15.2 Å². The van der Waals surface area contributed by atoms with E-state index in [-0.39, 0.29) is 23.2 Å². The molecule has 2 rings (SSSR count). The number of ether oxygens (including phenoxy) is 2. The molecule has 9 heteroatoms. The van der Waals surface area contributed by atoms with E-state index in [0.717, 1.165) is 10.0 Å². The first-order valence-electron chi connectivity index (χ1n) is 6.21. The maximum atomic E-state index is 13.4. The summed E-state index contributed by atoms with van der Waals surface area (Å²) in [6, 6.07) is 7.27. The number of halogens is 4. The number of carbonyl (C=O) groups excluding carboxylic acids is 1. The van der Waals surface area contributed by atoms with Gasteiger partial charge in [0, 0.05) is 4.47 Å². The zero-order chi connectivity index (χ0) is 17.0. The lowest BCUT2D eigenvalue weighted by molar-refractivity contribution is -0.147. The van der Waals surface area contributed by atoms with Crippen LogP contribution in [0.5, 0.6) is 5.88 Å². The number of nitrogens with two attached hydrogens (primary N) is 1. The Kier molecular flexibility index (Phi) is 6.04. The first-order chi connectivity index (χ1) is 10.9. The zero-order valence-corrected chi connectivity index (χ0v) is 14.6. The van der Waals surface area contributed by atoms with Crippen LogP contribution in [-0.2, 0) is 16.1 Å². The van der Waals surface area contributed by atoms with E-state index in [2.05, 4.69) is 20.9 Å². The molecule has 0 unspecified atom stereocenters. The van der Waals surface area contributed by atoms with E-state index < -0.39 is 23.5 Å². The largest absolute Gasteiger partial charge is 0.464 e. The molecule has 0 saturated heterocycles. The molecule has 0 spiro atoms. The van der Waals surface area contributed by atoms with Gasteiger partial charge in [-0.05, 0) is 17.7 Å². The Labute approximate surface area is 149 Å². The number of carbonyl (C=O) groups is 1. The first kappa shape index (κ1) is 17.8. The number of rotatable bonds is 5. The normalized spacial score (nSPS) is 10.4. The minimum Gasteiger partial charge on any atom is -0.464 e. The van der Waals surface area contributed by atoms with E-state index in [1.165, 1.54) is 0 Å². The SMILES string of the molecule is Nc1c(Cl)c(F)nc(OCC(=O)OCc2cccc(Br)c2)c1Cl. The highest BCUT2D eigenvalue weighted by Crippen LogP contribution is 2.35. The summed E-state index contributed by atoms with van der Waals surface area (Å²) in [5.41, 5.74) is 6.08. The Hall–Kier alpha value is -1.57. The average molecular weight is 424 g/mol. The summed E-state index contributed by atoms with van der Waals surface area (Å²) in [6.07, 6.45) is 0. The van der Waals surface area contributed by atoms with Gasteiger partial charge in [-0.3, -0.25) is 0 Å². The maximum absolute atomic E-state index is 13.4. The summed E-state index contributed by atoms with van der Waals surface area (Å²) in [6.45, 7) is -0.429. The number of pyridine rings is 1. The van der Waals surface area contributed by atoms with Crippen LogP contribution in [0, 0.1) is 5.95 Å². The molecule has 2 aromatic rings. The summed E-state index contributed by atoms with van der Waals surface area (Å²) >= 11 is 14.7. The number of hydrogen-bond acceptors (Lipinski definition) is 5. The van der Waals surface area contributed by atoms with Gasteiger partial charge >= 0.3 is 5.97 Å². The summed E-state index contributed by atoms with van der Waals surface area (Å²) in [5.74, 6) is -2.03. The van der Waals surface area contributed by atoms with E-state index in [9.17, 15) is 9.18 Å². The average Bonchev–Trinajstić information content (AvgIpc) is 2.53. The van der Waals surface area contributed by atoms with Crippen molar-refractivity contribution in [1.82, 2.24) is 4.98 Å². The molecule has 0 radical (unpaired) electrons. The molecular weight excluding hydrogens is 414 g/mol. The van der Waals surface area contributed by atoms with Gasteiger partial charge in [-0.2, -0.15) is 9.37 Å². The smallest absolute Gasteiger partial charge is 0.344 e. The molecule has 23 heavy (non-hydrogen) atoms. The number of anilines is 1. The Morgan fingerprint density at radius 3 is 2.78 bits per heavy atom. The molecule has 1 heterocycles. The number of hydrogen-bond donors (Lipinski definition) is 1. The van der Waals surface area contributed by atoms with E-state index in [1.54, 1.807) is 6.07 Å². The third-order valence-electron chi connectivity index (χ3n) is 2.66. The molecule has 0 fully saturated rings. The molecular formula is C14H10BrCl2FN2O3. The topological polar surface area (TPSA) is 74.4 Å². The van der Waals surface area contributed by atoms with Gasteiger partial charge in [0.2, 0.25) is 11.8 Å². The van der Waals surface area contributed by atoms with Crippen LogP contribution in [-0.4, -0.2) is 17.6 Å². The van der Waals surface area contributed by atoms with Crippen molar-refractivity contribution in [2.75, 3.05) is 12.3 Å². The molecule has 0 aliphatic rings.